The second kappa shape index (κ2) is 13.3. The molecule has 0 radical (unpaired) electrons. The Balaban J connectivity index is 1.52. The number of aromatic nitrogens is 1. The van der Waals surface area contributed by atoms with Crippen molar-refractivity contribution in [3.05, 3.63) is 119 Å². The molecule has 0 bridgehead atoms. The number of carbonyl (C=O) groups is 1. The van der Waals surface area contributed by atoms with Crippen molar-refractivity contribution in [1.29, 1.82) is 0 Å². The Morgan fingerprint density at radius 1 is 1.00 bits per heavy atom. The number of hydrogen-bond donors (Lipinski definition) is 0. The topological polar surface area (TPSA) is 88.4 Å². The zero-order valence-electron chi connectivity index (χ0n) is 24.3. The van der Waals surface area contributed by atoms with Gasteiger partial charge in [-0.2, -0.15) is 0 Å². The Morgan fingerprint density at radius 2 is 1.74 bits per heavy atom. The zero-order chi connectivity index (χ0) is 30.5. The first-order valence-corrected chi connectivity index (χ1v) is 15.0. The van der Waals surface area contributed by atoms with Crippen LogP contribution in [0.3, 0.4) is 0 Å². The Bertz CT molecular complexity index is 1840. The van der Waals surface area contributed by atoms with E-state index in [-0.39, 0.29) is 12.2 Å². The van der Waals surface area contributed by atoms with Crippen LogP contribution in [-0.2, 0) is 16.1 Å². The van der Waals surface area contributed by atoms with Gasteiger partial charge in [0, 0.05) is 5.02 Å². The van der Waals surface area contributed by atoms with Crippen LogP contribution >= 0.6 is 22.9 Å². The van der Waals surface area contributed by atoms with Crippen molar-refractivity contribution in [3.63, 3.8) is 0 Å². The third kappa shape index (κ3) is 6.53. The monoisotopic (exact) mass is 618 g/mol. The lowest BCUT2D eigenvalue weighted by atomic mass is 9.95. The van der Waals surface area contributed by atoms with E-state index in [1.165, 1.54) is 11.3 Å². The van der Waals surface area contributed by atoms with Crippen LogP contribution < -0.4 is 29.1 Å². The predicted molar refractivity (Wildman–Crippen MR) is 167 cm³/mol. The summed E-state index contributed by atoms with van der Waals surface area (Å²) in [4.78, 5) is 32.3. The molecular weight excluding hydrogens is 588 g/mol. The molecule has 0 N–H and O–H groups in total. The number of methoxy groups -OCH3 is 1. The number of rotatable bonds is 10. The van der Waals surface area contributed by atoms with Crippen LogP contribution in [0.5, 0.6) is 17.2 Å². The molecule has 8 nitrogen and oxygen atoms in total. The van der Waals surface area contributed by atoms with Crippen molar-refractivity contribution in [3.8, 4) is 17.2 Å². The number of allylic oxidation sites excluding steroid dienone is 1. The smallest absolute Gasteiger partial charge is 0.338 e. The van der Waals surface area contributed by atoms with Gasteiger partial charge >= 0.3 is 5.97 Å². The molecule has 0 aliphatic carbocycles. The molecule has 1 aliphatic heterocycles. The van der Waals surface area contributed by atoms with Crippen molar-refractivity contribution in [1.82, 2.24) is 4.57 Å². The van der Waals surface area contributed by atoms with Crippen molar-refractivity contribution in [2.75, 3.05) is 20.3 Å². The minimum absolute atomic E-state index is 0.193. The fourth-order valence-electron chi connectivity index (χ4n) is 4.80. The largest absolute Gasteiger partial charge is 0.493 e. The van der Waals surface area contributed by atoms with Gasteiger partial charge in [0.2, 0.25) is 0 Å². The lowest BCUT2D eigenvalue weighted by molar-refractivity contribution is -0.139. The molecule has 2 heterocycles. The van der Waals surface area contributed by atoms with Gasteiger partial charge in [0.25, 0.3) is 5.56 Å². The molecule has 1 atom stereocenters. The highest BCUT2D eigenvalue weighted by atomic mass is 35.5. The number of benzene rings is 3. The molecule has 222 valence electrons. The fraction of sp³-hybridized carbons (Fsp3) is 0.242. The Labute approximate surface area is 258 Å². The van der Waals surface area contributed by atoms with E-state index in [0.717, 1.165) is 11.1 Å². The molecule has 1 unspecified atom stereocenters. The SMILES string of the molecule is CCOC(=O)C1=C(C)N=c2s/c(=C\c3ccc(OCc4ccc(Cl)cc4)cc3)c(=O)n2C1c1ccc(OC)c(OCC)c1. The summed E-state index contributed by atoms with van der Waals surface area (Å²) in [5.41, 5.74) is 3.04. The summed E-state index contributed by atoms with van der Waals surface area (Å²) in [6.07, 6.45) is 1.81. The first-order chi connectivity index (χ1) is 20.8. The second-order valence-corrected chi connectivity index (χ2v) is 11.1. The van der Waals surface area contributed by atoms with Crippen molar-refractivity contribution < 1.29 is 23.7 Å². The maximum atomic E-state index is 13.9. The summed E-state index contributed by atoms with van der Waals surface area (Å²) < 4.78 is 24.6. The third-order valence-electron chi connectivity index (χ3n) is 6.82. The quantitative estimate of drug-likeness (QED) is 0.220. The second-order valence-electron chi connectivity index (χ2n) is 9.63. The predicted octanol–water partition coefficient (Wildman–Crippen LogP) is 5.44. The van der Waals surface area contributed by atoms with Gasteiger partial charge in [-0.15, -0.1) is 0 Å². The lowest BCUT2D eigenvalue weighted by Crippen LogP contribution is -2.40. The van der Waals surface area contributed by atoms with E-state index in [4.69, 9.17) is 30.5 Å². The number of fused-ring (bicyclic) bond motifs is 1. The van der Waals surface area contributed by atoms with E-state index in [1.807, 2.05) is 67.6 Å². The first-order valence-electron chi connectivity index (χ1n) is 13.8. The number of halogens is 1. The minimum Gasteiger partial charge on any atom is -0.493 e. The molecular formula is C33H31ClN2O6S. The van der Waals surface area contributed by atoms with E-state index >= 15 is 0 Å². The van der Waals surface area contributed by atoms with Crippen LogP contribution in [0.15, 0.2) is 87.8 Å². The van der Waals surface area contributed by atoms with Crippen LogP contribution in [0.25, 0.3) is 6.08 Å². The summed E-state index contributed by atoms with van der Waals surface area (Å²) >= 11 is 7.23. The fourth-order valence-corrected chi connectivity index (χ4v) is 5.97. The maximum absolute atomic E-state index is 13.9. The molecule has 10 heteroatoms. The number of thiazole rings is 1. The molecule has 0 spiro atoms. The van der Waals surface area contributed by atoms with E-state index in [9.17, 15) is 9.59 Å². The van der Waals surface area contributed by atoms with E-state index in [2.05, 4.69) is 4.99 Å². The summed E-state index contributed by atoms with van der Waals surface area (Å²) in [7, 11) is 1.56. The first kappa shape index (κ1) is 30.1. The van der Waals surface area contributed by atoms with Gasteiger partial charge in [0.15, 0.2) is 16.3 Å². The van der Waals surface area contributed by atoms with Crippen molar-refractivity contribution in [2.45, 2.75) is 33.4 Å². The molecule has 0 amide bonds. The van der Waals surface area contributed by atoms with Gasteiger partial charge in [-0.25, -0.2) is 9.79 Å². The summed E-state index contributed by atoms with van der Waals surface area (Å²) in [6.45, 7) is 6.40. The standard InChI is InChI=1S/C33H31ClN2O6S/c1-5-40-27-18-23(11-16-26(27)39-4)30-29(32(38)41-6-2)20(3)35-33-36(30)31(37)28(43-33)17-21-9-14-25(15-10-21)42-19-22-7-12-24(34)13-8-22/h7-18,30H,5-6,19H2,1-4H3/b28-17-. The summed E-state index contributed by atoms with van der Waals surface area (Å²) in [6, 6.07) is 19.6. The highest BCUT2D eigenvalue weighted by molar-refractivity contribution is 7.07. The molecule has 1 aliphatic rings. The molecule has 4 aromatic rings. The normalized spacial score (nSPS) is 14.6. The lowest BCUT2D eigenvalue weighted by Gasteiger charge is -2.25. The third-order valence-corrected chi connectivity index (χ3v) is 8.05. The van der Waals surface area contributed by atoms with E-state index in [0.29, 0.717) is 61.7 Å². The number of nitrogens with zero attached hydrogens (tertiary/aromatic N) is 2. The molecule has 1 aromatic heterocycles. The van der Waals surface area contributed by atoms with Crippen LogP contribution in [0.1, 0.15) is 43.5 Å². The Kier molecular flexibility index (Phi) is 9.33. The van der Waals surface area contributed by atoms with E-state index < -0.39 is 12.0 Å². The van der Waals surface area contributed by atoms with Gasteiger partial charge in [-0.1, -0.05) is 53.3 Å². The molecule has 0 saturated carbocycles. The average molecular weight is 619 g/mol. The minimum atomic E-state index is -0.758. The molecule has 0 saturated heterocycles. The Morgan fingerprint density at radius 3 is 2.42 bits per heavy atom. The van der Waals surface area contributed by atoms with Crippen LogP contribution in [0.4, 0.5) is 0 Å². The number of esters is 1. The molecule has 3 aromatic carbocycles. The van der Waals surface area contributed by atoms with Gasteiger partial charge in [0.05, 0.1) is 42.2 Å². The van der Waals surface area contributed by atoms with Gasteiger partial charge < -0.3 is 18.9 Å². The van der Waals surface area contributed by atoms with Crippen LogP contribution in [0.2, 0.25) is 5.02 Å². The van der Waals surface area contributed by atoms with Crippen LogP contribution in [-0.4, -0.2) is 30.9 Å². The van der Waals surface area contributed by atoms with Crippen molar-refractivity contribution >= 4 is 35.0 Å². The zero-order valence-corrected chi connectivity index (χ0v) is 25.8. The Hall–Kier alpha value is -4.34. The average Bonchev–Trinajstić information content (AvgIpc) is 3.30. The van der Waals surface area contributed by atoms with Gasteiger partial charge in [-0.05, 0) is 79.9 Å². The van der Waals surface area contributed by atoms with Crippen molar-refractivity contribution in [2.24, 2.45) is 4.99 Å². The molecule has 0 fully saturated rings. The summed E-state index contributed by atoms with van der Waals surface area (Å²) in [5, 5.41) is 0.677. The molecule has 5 rings (SSSR count). The highest BCUT2D eigenvalue weighted by Gasteiger charge is 2.34. The van der Waals surface area contributed by atoms with Gasteiger partial charge in [0.1, 0.15) is 12.4 Å². The number of carbonyl (C=O) groups excluding carboxylic acids is 1. The molecule has 43 heavy (non-hydrogen) atoms. The number of hydrogen-bond acceptors (Lipinski definition) is 8. The number of ether oxygens (including phenoxy) is 4. The van der Waals surface area contributed by atoms with Gasteiger partial charge in [-0.3, -0.25) is 9.36 Å². The van der Waals surface area contributed by atoms with Crippen LogP contribution in [0, 0.1) is 0 Å². The summed E-state index contributed by atoms with van der Waals surface area (Å²) in [5.74, 6) is 1.25. The maximum Gasteiger partial charge on any atom is 0.338 e. The highest BCUT2D eigenvalue weighted by Crippen LogP contribution is 2.36. The van der Waals surface area contributed by atoms with E-state index in [1.54, 1.807) is 37.7 Å².